The number of aryl methyl sites for hydroxylation is 4. The van der Waals surface area contributed by atoms with E-state index >= 15 is 0 Å². The number of fused-ring (bicyclic) bond motifs is 6. The van der Waals surface area contributed by atoms with Gasteiger partial charge < -0.3 is 23.9 Å². The predicted molar refractivity (Wildman–Crippen MR) is 270 cm³/mol. The van der Waals surface area contributed by atoms with Crippen molar-refractivity contribution in [2.24, 2.45) is 4.99 Å². The van der Waals surface area contributed by atoms with Crippen LogP contribution >= 0.6 is 22.9 Å². The average molecular weight is 985 g/mol. The number of pyridine rings is 2. The molecule has 0 radical (unpaired) electrons. The standard InChI is InChI=1S/C52H54ClN9O7S/c1-29-28-69-32(4)46(29)39-24-41-38(25-44(39)66-7)49-43(26-56-41)60(52(65)61(49)31(3)40-12-8-9-17-54-40)27-45(64)55-18-20-68-22-21-67-19-10-11-37(63)23-42-50-59-58-34(6)62(50)51-47(30(2)33(5)70-51)48(57-42)35-13-15-36(53)16-14-35/h8-9,12-17,24-26,28,31,42H,10-11,18-23,27H2,1-7H3,(H,55,64). The lowest BCUT2D eigenvalue weighted by Crippen LogP contribution is -2.35. The minimum absolute atomic E-state index is 0.0506. The molecule has 0 saturated carbocycles. The maximum atomic E-state index is 14.4. The van der Waals surface area contributed by atoms with Gasteiger partial charge in [-0.3, -0.25) is 38.3 Å². The predicted octanol–water partition coefficient (Wildman–Crippen LogP) is 8.94. The van der Waals surface area contributed by atoms with Crippen molar-refractivity contribution in [2.45, 2.75) is 79.4 Å². The highest BCUT2D eigenvalue weighted by molar-refractivity contribution is 7.15. The SMILES string of the molecule is COc1cc2c(cc1-c1c(C)coc1C)ncc1c2n(C(C)c2ccccn2)c(=O)n1CC(=O)NCCOCCOCCCC(=O)CC1N=C(c2ccc(Cl)cc2)c2c(sc(C)c2C)-n2c(C)nnc21. The largest absolute Gasteiger partial charge is 0.496 e. The Kier molecular flexibility index (Phi) is 14.2. The van der Waals surface area contributed by atoms with E-state index in [-0.39, 0.29) is 43.5 Å². The van der Waals surface area contributed by atoms with Gasteiger partial charge in [0.05, 0.1) is 73.4 Å². The number of imidazole rings is 1. The lowest BCUT2D eigenvalue weighted by Gasteiger charge is -2.15. The van der Waals surface area contributed by atoms with Gasteiger partial charge in [-0.25, -0.2) is 4.79 Å². The van der Waals surface area contributed by atoms with Gasteiger partial charge in [-0.15, -0.1) is 21.5 Å². The van der Waals surface area contributed by atoms with E-state index in [4.69, 9.17) is 40.2 Å². The molecule has 2 unspecified atom stereocenters. The number of furan rings is 1. The van der Waals surface area contributed by atoms with E-state index in [1.165, 1.54) is 9.44 Å². The summed E-state index contributed by atoms with van der Waals surface area (Å²) >= 11 is 7.93. The van der Waals surface area contributed by atoms with Crippen LogP contribution in [0.2, 0.25) is 5.02 Å². The molecule has 362 valence electrons. The molecular formula is C52H54ClN9O7S. The van der Waals surface area contributed by atoms with E-state index in [1.807, 2.05) is 86.9 Å². The monoisotopic (exact) mass is 983 g/mol. The number of nitrogens with zero attached hydrogens (tertiary/aromatic N) is 8. The van der Waals surface area contributed by atoms with Gasteiger partial charge in [-0.2, -0.15) is 0 Å². The van der Waals surface area contributed by atoms with Gasteiger partial charge in [0.1, 0.15) is 40.7 Å². The summed E-state index contributed by atoms with van der Waals surface area (Å²) in [5.41, 5.74) is 8.66. The number of methoxy groups -OCH3 is 1. The summed E-state index contributed by atoms with van der Waals surface area (Å²) in [5.74, 6) is 2.43. The molecule has 1 aliphatic heterocycles. The number of halogens is 1. The average Bonchev–Trinajstić information content (AvgIpc) is 4.05. The first kappa shape index (κ1) is 48.2. The molecule has 18 heteroatoms. The number of nitrogens with one attached hydrogen (secondary N) is 1. The lowest BCUT2D eigenvalue weighted by atomic mass is 9.99. The fourth-order valence-electron chi connectivity index (χ4n) is 9.19. The number of hydrogen-bond acceptors (Lipinski definition) is 13. The summed E-state index contributed by atoms with van der Waals surface area (Å²) in [6.07, 6.45) is 6.07. The Morgan fingerprint density at radius 1 is 0.957 bits per heavy atom. The Balaban J connectivity index is 0.784. The number of hydrogen-bond donors (Lipinski definition) is 1. The highest BCUT2D eigenvalue weighted by Gasteiger charge is 2.33. The van der Waals surface area contributed by atoms with E-state index in [1.54, 1.807) is 41.7 Å². The van der Waals surface area contributed by atoms with Gasteiger partial charge in [0, 0.05) is 69.7 Å². The van der Waals surface area contributed by atoms with Crippen molar-refractivity contribution in [3.05, 3.63) is 139 Å². The van der Waals surface area contributed by atoms with Crippen LogP contribution in [0, 0.1) is 34.6 Å². The summed E-state index contributed by atoms with van der Waals surface area (Å²) in [5, 5.41) is 14.1. The van der Waals surface area contributed by atoms with E-state index in [9.17, 15) is 14.4 Å². The lowest BCUT2D eigenvalue weighted by molar-refractivity contribution is -0.122. The molecule has 0 saturated heterocycles. The maximum absolute atomic E-state index is 14.4. The molecule has 1 N–H and O–H groups in total. The van der Waals surface area contributed by atoms with Crippen LogP contribution in [0.3, 0.4) is 0 Å². The molecular weight excluding hydrogens is 930 g/mol. The second-order valence-electron chi connectivity index (χ2n) is 17.4. The molecule has 9 rings (SSSR count). The van der Waals surface area contributed by atoms with Crippen LogP contribution in [0.15, 0.2) is 87.5 Å². The highest BCUT2D eigenvalue weighted by atomic mass is 35.5. The van der Waals surface area contributed by atoms with Crippen LogP contribution in [-0.4, -0.2) is 91.4 Å². The number of aromatic nitrogens is 7. The Labute approximate surface area is 413 Å². The molecule has 2 aromatic carbocycles. The highest BCUT2D eigenvalue weighted by Crippen LogP contribution is 2.42. The van der Waals surface area contributed by atoms with E-state index in [0.29, 0.717) is 76.9 Å². The normalized spacial score (nSPS) is 13.8. The fraction of sp³-hybridized carbons (Fsp3) is 0.346. The molecule has 8 aromatic rings. The second-order valence-corrected chi connectivity index (χ2v) is 19.0. The molecule has 0 bridgehead atoms. The maximum Gasteiger partial charge on any atom is 0.330 e. The summed E-state index contributed by atoms with van der Waals surface area (Å²) in [6, 6.07) is 16.0. The van der Waals surface area contributed by atoms with Gasteiger partial charge in [-0.05, 0) is 95.5 Å². The van der Waals surface area contributed by atoms with Crippen molar-refractivity contribution in [3.8, 4) is 21.9 Å². The van der Waals surface area contributed by atoms with Crippen LogP contribution in [0.5, 0.6) is 5.75 Å². The first-order chi connectivity index (χ1) is 33.8. The minimum Gasteiger partial charge on any atom is -0.496 e. The first-order valence-electron chi connectivity index (χ1n) is 23.2. The van der Waals surface area contributed by atoms with Crippen LogP contribution in [-0.2, 0) is 25.6 Å². The molecule has 6 aromatic heterocycles. The van der Waals surface area contributed by atoms with Crippen LogP contribution in [0.25, 0.3) is 38.1 Å². The van der Waals surface area contributed by atoms with E-state index in [0.717, 1.165) is 55.7 Å². The Morgan fingerprint density at radius 3 is 2.47 bits per heavy atom. The molecule has 0 fully saturated rings. The smallest absolute Gasteiger partial charge is 0.330 e. The van der Waals surface area contributed by atoms with Crippen LogP contribution in [0.1, 0.15) is 88.5 Å². The number of aliphatic imine (C=N–C) groups is 1. The number of benzene rings is 2. The van der Waals surface area contributed by atoms with Crippen molar-refractivity contribution < 1.29 is 28.2 Å². The molecule has 2 atom stereocenters. The number of thiophene rings is 1. The molecule has 16 nitrogen and oxygen atoms in total. The van der Waals surface area contributed by atoms with Gasteiger partial charge in [0.2, 0.25) is 5.91 Å². The zero-order valence-corrected chi connectivity index (χ0v) is 41.7. The fourth-order valence-corrected chi connectivity index (χ4v) is 10.5. The van der Waals surface area contributed by atoms with Gasteiger partial charge in [0.15, 0.2) is 5.82 Å². The van der Waals surface area contributed by atoms with Gasteiger partial charge >= 0.3 is 5.69 Å². The van der Waals surface area contributed by atoms with Crippen molar-refractivity contribution in [2.75, 3.05) is 40.1 Å². The Hall–Kier alpha value is -6.79. The van der Waals surface area contributed by atoms with Crippen LogP contribution < -0.4 is 15.7 Å². The quantitative estimate of drug-likeness (QED) is 0.0764. The topological polar surface area (TPSA) is 183 Å². The summed E-state index contributed by atoms with van der Waals surface area (Å²) < 4.78 is 28.3. The first-order valence-corrected chi connectivity index (χ1v) is 24.4. The van der Waals surface area contributed by atoms with Crippen molar-refractivity contribution in [3.63, 3.8) is 0 Å². The van der Waals surface area contributed by atoms with Crippen molar-refractivity contribution in [1.29, 1.82) is 0 Å². The zero-order valence-electron chi connectivity index (χ0n) is 40.2. The van der Waals surface area contributed by atoms with Crippen LogP contribution in [0.4, 0.5) is 0 Å². The minimum atomic E-state index is -0.519. The number of ketones is 1. The number of amides is 1. The summed E-state index contributed by atoms with van der Waals surface area (Å²) in [4.78, 5) is 57.0. The van der Waals surface area contributed by atoms with E-state index < -0.39 is 12.1 Å². The summed E-state index contributed by atoms with van der Waals surface area (Å²) in [6.45, 7) is 13.1. The van der Waals surface area contributed by atoms with E-state index in [2.05, 4.69) is 34.3 Å². The molecule has 1 amide bonds. The zero-order chi connectivity index (χ0) is 49.2. The third-order valence-corrected chi connectivity index (χ3v) is 14.3. The second kappa shape index (κ2) is 20.7. The number of rotatable bonds is 19. The van der Waals surface area contributed by atoms with Gasteiger partial charge in [-0.1, -0.05) is 29.8 Å². The number of carbonyl (C=O) groups excluding carboxylic acids is 2. The third kappa shape index (κ3) is 9.45. The molecule has 0 spiro atoms. The molecule has 7 heterocycles. The van der Waals surface area contributed by atoms with Gasteiger partial charge in [0.25, 0.3) is 0 Å². The molecule has 0 aliphatic carbocycles. The Morgan fingerprint density at radius 2 is 1.74 bits per heavy atom. The summed E-state index contributed by atoms with van der Waals surface area (Å²) in [7, 11) is 1.61. The molecule has 1 aliphatic rings. The molecule has 70 heavy (non-hydrogen) atoms. The number of ether oxygens (including phenoxy) is 3. The van der Waals surface area contributed by atoms with Crippen molar-refractivity contribution in [1.82, 2.24) is 39.2 Å². The third-order valence-electron chi connectivity index (χ3n) is 12.8. The van der Waals surface area contributed by atoms with Crippen molar-refractivity contribution >= 4 is 62.3 Å². The number of Topliss-reactive ketones (excluding diaryl/α,β-unsaturated/α-hetero) is 1. The Bertz CT molecular complexity index is 3310. The number of carbonyl (C=O) groups is 2.